The van der Waals surface area contributed by atoms with E-state index >= 15 is 0 Å². The van der Waals surface area contributed by atoms with Crippen molar-refractivity contribution in [1.29, 1.82) is 0 Å². The molecule has 0 radical (unpaired) electrons. The van der Waals surface area contributed by atoms with Crippen molar-refractivity contribution in [2.24, 2.45) is 0 Å². The molecule has 0 bridgehead atoms. The highest BCUT2D eigenvalue weighted by Crippen LogP contribution is 2.31. The number of hydrogen-bond donors (Lipinski definition) is 1. The van der Waals surface area contributed by atoms with Crippen LogP contribution in [0.1, 0.15) is 18.1 Å². The zero-order valence-electron chi connectivity index (χ0n) is 11.7. The lowest BCUT2D eigenvalue weighted by Gasteiger charge is -2.09. The fraction of sp³-hybridized carbons (Fsp3) is 0.286. The van der Waals surface area contributed by atoms with E-state index in [9.17, 15) is 10.1 Å². The van der Waals surface area contributed by atoms with Crippen molar-refractivity contribution in [1.82, 2.24) is 9.97 Å². The third-order valence-electron chi connectivity index (χ3n) is 2.95. The normalized spacial score (nSPS) is 10.3. The Kier molecular flexibility index (Phi) is 3.93. The monoisotopic (exact) mass is 272 g/mol. The van der Waals surface area contributed by atoms with Gasteiger partial charge in [0.15, 0.2) is 5.69 Å². The van der Waals surface area contributed by atoms with Crippen molar-refractivity contribution in [2.45, 2.75) is 20.8 Å². The molecule has 0 fully saturated rings. The van der Waals surface area contributed by atoms with Crippen molar-refractivity contribution in [3.8, 4) is 11.3 Å². The molecule has 0 saturated carbocycles. The van der Waals surface area contributed by atoms with Crippen LogP contribution in [0.3, 0.4) is 0 Å². The van der Waals surface area contributed by atoms with Crippen LogP contribution in [-0.2, 0) is 0 Å². The van der Waals surface area contributed by atoms with Gasteiger partial charge >= 0.3 is 5.69 Å². The summed E-state index contributed by atoms with van der Waals surface area (Å²) in [5.74, 6) is 0.397. The molecule has 0 spiro atoms. The standard InChI is InChI=1S/C14H16N4O2/c1-4-15-14-16-8-12(18(19)20)13(17-14)11-7-9(2)5-6-10(11)3/h5-8H,4H2,1-3H3,(H,15,16,17). The van der Waals surface area contributed by atoms with E-state index in [1.807, 2.05) is 39.0 Å². The second-order valence-electron chi connectivity index (χ2n) is 4.53. The van der Waals surface area contributed by atoms with Crippen LogP contribution >= 0.6 is 0 Å². The van der Waals surface area contributed by atoms with Crippen molar-refractivity contribution < 1.29 is 4.92 Å². The van der Waals surface area contributed by atoms with Crippen LogP contribution < -0.4 is 5.32 Å². The SMILES string of the molecule is CCNc1ncc([N+](=O)[O-])c(-c2cc(C)ccc2C)n1. The number of rotatable bonds is 4. The Labute approximate surface area is 117 Å². The van der Waals surface area contributed by atoms with Gasteiger partial charge in [0.05, 0.1) is 4.92 Å². The molecule has 0 unspecified atom stereocenters. The average Bonchev–Trinajstić information content (AvgIpc) is 2.41. The van der Waals surface area contributed by atoms with Gasteiger partial charge < -0.3 is 5.32 Å². The average molecular weight is 272 g/mol. The lowest BCUT2D eigenvalue weighted by Crippen LogP contribution is -2.05. The first-order chi connectivity index (χ1) is 9.52. The predicted octanol–water partition coefficient (Wildman–Crippen LogP) is 3.10. The fourth-order valence-corrected chi connectivity index (χ4v) is 1.94. The van der Waals surface area contributed by atoms with E-state index in [1.165, 1.54) is 6.20 Å². The Balaban J connectivity index is 2.65. The van der Waals surface area contributed by atoms with E-state index in [0.717, 1.165) is 16.7 Å². The number of aromatic nitrogens is 2. The summed E-state index contributed by atoms with van der Waals surface area (Å²) >= 11 is 0. The van der Waals surface area contributed by atoms with Crippen LogP contribution in [0.4, 0.5) is 11.6 Å². The highest BCUT2D eigenvalue weighted by Gasteiger charge is 2.20. The molecule has 2 aromatic rings. The first-order valence-electron chi connectivity index (χ1n) is 6.36. The van der Waals surface area contributed by atoms with Gasteiger partial charge in [-0.3, -0.25) is 10.1 Å². The van der Waals surface area contributed by atoms with Gasteiger partial charge in [0.1, 0.15) is 6.20 Å². The molecule has 0 saturated heterocycles. The van der Waals surface area contributed by atoms with E-state index in [-0.39, 0.29) is 5.69 Å². The third kappa shape index (κ3) is 2.74. The summed E-state index contributed by atoms with van der Waals surface area (Å²) in [6.45, 7) is 6.43. The smallest absolute Gasteiger partial charge is 0.313 e. The Morgan fingerprint density at radius 2 is 2.10 bits per heavy atom. The van der Waals surface area contributed by atoms with Crippen LogP contribution in [-0.4, -0.2) is 21.4 Å². The van der Waals surface area contributed by atoms with E-state index < -0.39 is 4.92 Å². The number of hydrogen-bond acceptors (Lipinski definition) is 5. The van der Waals surface area contributed by atoms with Crippen LogP contribution in [0.5, 0.6) is 0 Å². The topological polar surface area (TPSA) is 81.0 Å². The molecule has 0 amide bonds. The number of nitrogens with one attached hydrogen (secondary N) is 1. The molecule has 0 atom stereocenters. The molecule has 1 aromatic carbocycles. The summed E-state index contributed by atoms with van der Waals surface area (Å²) in [4.78, 5) is 19.0. The summed E-state index contributed by atoms with van der Waals surface area (Å²) in [5, 5.41) is 14.1. The molecular formula is C14H16N4O2. The number of benzene rings is 1. The summed E-state index contributed by atoms with van der Waals surface area (Å²) in [6, 6.07) is 5.81. The van der Waals surface area contributed by atoms with E-state index in [1.54, 1.807) is 0 Å². The minimum atomic E-state index is -0.452. The lowest BCUT2D eigenvalue weighted by molar-refractivity contribution is -0.384. The zero-order valence-corrected chi connectivity index (χ0v) is 11.7. The molecule has 1 aromatic heterocycles. The Morgan fingerprint density at radius 1 is 1.35 bits per heavy atom. The predicted molar refractivity (Wildman–Crippen MR) is 77.8 cm³/mol. The van der Waals surface area contributed by atoms with Gasteiger partial charge in [-0.1, -0.05) is 17.7 Å². The third-order valence-corrected chi connectivity index (χ3v) is 2.95. The van der Waals surface area contributed by atoms with Crippen molar-refractivity contribution in [3.63, 3.8) is 0 Å². The molecular weight excluding hydrogens is 256 g/mol. The first-order valence-corrected chi connectivity index (χ1v) is 6.36. The first kappa shape index (κ1) is 13.9. The quantitative estimate of drug-likeness (QED) is 0.683. The minimum absolute atomic E-state index is 0.0830. The van der Waals surface area contributed by atoms with Crippen molar-refractivity contribution in [2.75, 3.05) is 11.9 Å². The number of nitro groups is 1. The molecule has 20 heavy (non-hydrogen) atoms. The Hall–Kier alpha value is -2.50. The van der Waals surface area contributed by atoms with E-state index in [4.69, 9.17) is 0 Å². The second kappa shape index (κ2) is 5.64. The van der Waals surface area contributed by atoms with Crippen LogP contribution in [0.25, 0.3) is 11.3 Å². The van der Waals surface area contributed by atoms with Gasteiger partial charge in [-0.05, 0) is 32.4 Å². The van der Waals surface area contributed by atoms with Gasteiger partial charge in [0.2, 0.25) is 5.95 Å². The second-order valence-corrected chi connectivity index (χ2v) is 4.53. The van der Waals surface area contributed by atoms with E-state index in [2.05, 4.69) is 15.3 Å². The molecule has 0 aliphatic heterocycles. The molecule has 6 nitrogen and oxygen atoms in total. The zero-order chi connectivity index (χ0) is 14.7. The fourth-order valence-electron chi connectivity index (χ4n) is 1.94. The largest absolute Gasteiger partial charge is 0.354 e. The molecule has 6 heteroatoms. The van der Waals surface area contributed by atoms with Gasteiger partial charge in [-0.25, -0.2) is 9.97 Å². The van der Waals surface area contributed by atoms with Crippen molar-refractivity contribution >= 4 is 11.6 Å². The van der Waals surface area contributed by atoms with E-state index in [0.29, 0.717) is 18.2 Å². The van der Waals surface area contributed by atoms with Gasteiger partial charge in [0, 0.05) is 12.1 Å². The van der Waals surface area contributed by atoms with Crippen LogP contribution in [0, 0.1) is 24.0 Å². The summed E-state index contributed by atoms with van der Waals surface area (Å²) in [7, 11) is 0. The Morgan fingerprint density at radius 3 is 2.75 bits per heavy atom. The summed E-state index contributed by atoms with van der Waals surface area (Å²) < 4.78 is 0. The van der Waals surface area contributed by atoms with Gasteiger partial charge in [-0.2, -0.15) is 0 Å². The summed E-state index contributed by atoms with van der Waals surface area (Å²) in [6.07, 6.45) is 1.25. The highest BCUT2D eigenvalue weighted by atomic mass is 16.6. The number of aryl methyl sites for hydroxylation is 2. The maximum atomic E-state index is 11.2. The molecule has 2 rings (SSSR count). The number of nitrogens with zero attached hydrogens (tertiary/aromatic N) is 3. The number of anilines is 1. The summed E-state index contributed by atoms with van der Waals surface area (Å²) in [5.41, 5.74) is 3.00. The van der Waals surface area contributed by atoms with Crippen LogP contribution in [0.2, 0.25) is 0 Å². The maximum absolute atomic E-state index is 11.2. The minimum Gasteiger partial charge on any atom is -0.354 e. The molecule has 1 heterocycles. The molecule has 104 valence electrons. The lowest BCUT2D eigenvalue weighted by atomic mass is 10.0. The molecule has 0 aliphatic rings. The Bertz CT molecular complexity index is 656. The maximum Gasteiger partial charge on any atom is 0.313 e. The van der Waals surface area contributed by atoms with Gasteiger partial charge in [0.25, 0.3) is 0 Å². The molecule has 1 N–H and O–H groups in total. The highest BCUT2D eigenvalue weighted by molar-refractivity contribution is 5.73. The van der Waals surface area contributed by atoms with Crippen molar-refractivity contribution in [3.05, 3.63) is 45.6 Å². The van der Waals surface area contributed by atoms with Crippen LogP contribution in [0.15, 0.2) is 24.4 Å². The molecule has 0 aliphatic carbocycles. The van der Waals surface area contributed by atoms with Gasteiger partial charge in [-0.15, -0.1) is 0 Å².